The molecule has 3 heteroatoms. The van der Waals surface area contributed by atoms with Gasteiger partial charge in [0.05, 0.1) is 6.04 Å². The van der Waals surface area contributed by atoms with Crippen molar-refractivity contribution in [2.24, 2.45) is 5.73 Å². The first-order valence-electron chi connectivity index (χ1n) is 7.26. The van der Waals surface area contributed by atoms with Crippen molar-refractivity contribution in [1.82, 2.24) is 0 Å². The van der Waals surface area contributed by atoms with Crippen LogP contribution in [0.25, 0.3) is 0 Å². The standard InChI is InChI=1S/C17H22ClNO/c1-4-11-9-12(5-2)16(13(6-3)10-11)17(19)14-7-8-15(18)20-14/h7-10,17H,4-6,19H2,1-3H3. The smallest absolute Gasteiger partial charge is 0.193 e. The minimum absolute atomic E-state index is 0.252. The third-order valence-electron chi connectivity index (χ3n) is 3.79. The van der Waals surface area contributed by atoms with Crippen LogP contribution in [0.5, 0.6) is 0 Å². The number of furan rings is 1. The molecule has 0 spiro atoms. The van der Waals surface area contributed by atoms with E-state index >= 15 is 0 Å². The molecule has 1 heterocycles. The molecule has 1 aromatic carbocycles. The Labute approximate surface area is 125 Å². The second kappa shape index (κ2) is 6.47. The number of hydrogen-bond acceptors (Lipinski definition) is 2. The maximum atomic E-state index is 6.42. The summed E-state index contributed by atoms with van der Waals surface area (Å²) in [4.78, 5) is 0. The average Bonchev–Trinajstić information content (AvgIpc) is 2.91. The van der Waals surface area contributed by atoms with Gasteiger partial charge in [0.15, 0.2) is 5.22 Å². The fourth-order valence-corrected chi connectivity index (χ4v) is 2.83. The van der Waals surface area contributed by atoms with E-state index in [4.69, 9.17) is 21.8 Å². The van der Waals surface area contributed by atoms with E-state index in [1.165, 1.54) is 22.3 Å². The Kier molecular flexibility index (Phi) is 4.90. The predicted molar refractivity (Wildman–Crippen MR) is 84.3 cm³/mol. The van der Waals surface area contributed by atoms with Crippen molar-refractivity contribution in [1.29, 1.82) is 0 Å². The number of rotatable bonds is 5. The molecule has 1 atom stereocenters. The van der Waals surface area contributed by atoms with E-state index in [9.17, 15) is 0 Å². The van der Waals surface area contributed by atoms with Crippen molar-refractivity contribution < 1.29 is 4.42 Å². The molecule has 1 aromatic heterocycles. The van der Waals surface area contributed by atoms with Gasteiger partial charge in [0.2, 0.25) is 0 Å². The van der Waals surface area contributed by atoms with Crippen molar-refractivity contribution in [3.8, 4) is 0 Å². The van der Waals surface area contributed by atoms with Gasteiger partial charge in [-0.1, -0.05) is 32.9 Å². The van der Waals surface area contributed by atoms with E-state index in [1.54, 1.807) is 6.07 Å². The van der Waals surface area contributed by atoms with Gasteiger partial charge in [0, 0.05) is 0 Å². The highest BCUT2D eigenvalue weighted by Gasteiger charge is 2.19. The Morgan fingerprint density at radius 3 is 2.05 bits per heavy atom. The van der Waals surface area contributed by atoms with Crippen LogP contribution < -0.4 is 5.73 Å². The SMILES string of the molecule is CCc1cc(CC)c(C(N)c2ccc(Cl)o2)c(CC)c1. The monoisotopic (exact) mass is 291 g/mol. The summed E-state index contributed by atoms with van der Waals surface area (Å²) >= 11 is 5.86. The molecule has 20 heavy (non-hydrogen) atoms. The summed E-state index contributed by atoms with van der Waals surface area (Å²) in [5.74, 6) is 0.726. The fraction of sp³-hybridized carbons (Fsp3) is 0.412. The first kappa shape index (κ1) is 15.1. The van der Waals surface area contributed by atoms with Crippen molar-refractivity contribution in [3.63, 3.8) is 0 Å². The summed E-state index contributed by atoms with van der Waals surface area (Å²) < 4.78 is 5.50. The van der Waals surface area contributed by atoms with Crippen LogP contribution in [0.2, 0.25) is 5.22 Å². The molecule has 0 radical (unpaired) electrons. The molecule has 1 unspecified atom stereocenters. The van der Waals surface area contributed by atoms with E-state index in [-0.39, 0.29) is 6.04 Å². The van der Waals surface area contributed by atoms with Gasteiger partial charge < -0.3 is 10.2 Å². The second-order valence-corrected chi connectivity index (χ2v) is 5.38. The third-order valence-corrected chi connectivity index (χ3v) is 4.00. The normalized spacial score (nSPS) is 12.7. The zero-order valence-corrected chi connectivity index (χ0v) is 13.1. The van der Waals surface area contributed by atoms with Gasteiger partial charge in [-0.15, -0.1) is 0 Å². The second-order valence-electron chi connectivity index (χ2n) is 5.01. The number of hydrogen-bond donors (Lipinski definition) is 1. The quantitative estimate of drug-likeness (QED) is 0.869. The van der Waals surface area contributed by atoms with Crippen molar-refractivity contribution in [2.45, 2.75) is 46.1 Å². The summed E-state index contributed by atoms with van der Waals surface area (Å²) in [5.41, 5.74) is 11.6. The van der Waals surface area contributed by atoms with Gasteiger partial charge in [0.25, 0.3) is 0 Å². The largest absolute Gasteiger partial charge is 0.448 e. The number of benzene rings is 1. The van der Waals surface area contributed by atoms with Crippen molar-refractivity contribution in [3.05, 3.63) is 57.5 Å². The van der Waals surface area contributed by atoms with Crippen LogP contribution in [0.4, 0.5) is 0 Å². The Hall–Kier alpha value is -1.25. The Morgan fingerprint density at radius 2 is 1.65 bits per heavy atom. The molecule has 2 nitrogen and oxygen atoms in total. The van der Waals surface area contributed by atoms with Crippen LogP contribution in [0.3, 0.4) is 0 Å². The molecule has 108 valence electrons. The lowest BCUT2D eigenvalue weighted by Crippen LogP contribution is -2.16. The average molecular weight is 292 g/mol. The van der Waals surface area contributed by atoms with Crippen molar-refractivity contribution in [2.75, 3.05) is 0 Å². The maximum absolute atomic E-state index is 6.42. The van der Waals surface area contributed by atoms with Gasteiger partial charge >= 0.3 is 0 Å². The molecule has 0 saturated heterocycles. The van der Waals surface area contributed by atoms with E-state index in [2.05, 4.69) is 32.9 Å². The third kappa shape index (κ3) is 2.92. The highest BCUT2D eigenvalue weighted by atomic mass is 35.5. The van der Waals surface area contributed by atoms with Crippen LogP contribution in [-0.4, -0.2) is 0 Å². The summed E-state index contributed by atoms with van der Waals surface area (Å²) in [6.45, 7) is 6.51. The van der Waals surface area contributed by atoms with Gasteiger partial charge in [-0.05, 0) is 65.2 Å². The van der Waals surface area contributed by atoms with E-state index in [0.29, 0.717) is 5.22 Å². The minimum Gasteiger partial charge on any atom is -0.448 e. The topological polar surface area (TPSA) is 39.2 Å². The lowest BCUT2D eigenvalue weighted by molar-refractivity contribution is 0.489. The van der Waals surface area contributed by atoms with Crippen LogP contribution in [0.1, 0.15) is 54.8 Å². The molecule has 0 aliphatic heterocycles. The number of aryl methyl sites for hydroxylation is 3. The predicted octanol–water partition coefficient (Wildman–Crippen LogP) is 4.67. The molecular formula is C17H22ClNO. The minimum atomic E-state index is -0.252. The number of halogens is 1. The van der Waals surface area contributed by atoms with Crippen LogP contribution in [-0.2, 0) is 19.3 Å². The molecule has 0 aliphatic carbocycles. The molecule has 0 aliphatic rings. The van der Waals surface area contributed by atoms with Crippen LogP contribution in [0.15, 0.2) is 28.7 Å². The zero-order chi connectivity index (χ0) is 14.7. The van der Waals surface area contributed by atoms with Gasteiger partial charge in [-0.25, -0.2) is 0 Å². The lowest BCUT2D eigenvalue weighted by Gasteiger charge is -2.20. The molecular weight excluding hydrogens is 270 g/mol. The van der Waals surface area contributed by atoms with E-state index in [1.807, 2.05) is 6.07 Å². The highest BCUT2D eigenvalue weighted by molar-refractivity contribution is 6.28. The molecule has 0 saturated carbocycles. The first-order valence-corrected chi connectivity index (χ1v) is 7.63. The van der Waals surface area contributed by atoms with Crippen LogP contribution >= 0.6 is 11.6 Å². The van der Waals surface area contributed by atoms with Crippen LogP contribution in [0, 0.1) is 0 Å². The Bertz CT molecular complexity index is 563. The summed E-state index contributed by atoms with van der Waals surface area (Å²) in [5, 5.41) is 0.386. The Balaban J connectivity index is 2.53. The highest BCUT2D eigenvalue weighted by Crippen LogP contribution is 2.30. The van der Waals surface area contributed by atoms with Crippen molar-refractivity contribution >= 4 is 11.6 Å². The molecule has 0 amide bonds. The molecule has 2 N–H and O–H groups in total. The maximum Gasteiger partial charge on any atom is 0.193 e. The van der Waals surface area contributed by atoms with Gasteiger partial charge in [0.1, 0.15) is 5.76 Å². The Morgan fingerprint density at radius 1 is 1.05 bits per heavy atom. The van der Waals surface area contributed by atoms with E-state index in [0.717, 1.165) is 25.0 Å². The van der Waals surface area contributed by atoms with E-state index < -0.39 is 0 Å². The fourth-order valence-electron chi connectivity index (χ4n) is 2.68. The lowest BCUT2D eigenvalue weighted by atomic mass is 9.89. The molecule has 0 bridgehead atoms. The summed E-state index contributed by atoms with van der Waals surface area (Å²) in [7, 11) is 0. The van der Waals surface area contributed by atoms with Gasteiger partial charge in [-0.3, -0.25) is 0 Å². The molecule has 2 aromatic rings. The first-order chi connectivity index (χ1) is 9.60. The van der Waals surface area contributed by atoms with Gasteiger partial charge in [-0.2, -0.15) is 0 Å². The zero-order valence-electron chi connectivity index (χ0n) is 12.4. The summed E-state index contributed by atoms with van der Waals surface area (Å²) in [6, 6.07) is 7.88. The number of nitrogens with two attached hydrogens (primary N) is 1. The molecule has 0 fully saturated rings. The molecule has 2 rings (SSSR count). The summed E-state index contributed by atoms with van der Waals surface area (Å²) in [6.07, 6.45) is 2.98.